The molecule has 4 nitrogen and oxygen atoms in total. The summed E-state index contributed by atoms with van der Waals surface area (Å²) >= 11 is 0. The lowest BCUT2D eigenvalue weighted by atomic mass is 10.2. The van der Waals surface area contributed by atoms with Crippen molar-refractivity contribution in [2.75, 3.05) is 19.0 Å². The van der Waals surface area contributed by atoms with E-state index in [0.717, 1.165) is 5.69 Å². The highest BCUT2D eigenvalue weighted by Crippen LogP contribution is 2.21. The number of hydrazone groups is 1. The summed E-state index contributed by atoms with van der Waals surface area (Å²) in [7, 11) is 3.52. The molecule has 25 heavy (non-hydrogen) atoms. The van der Waals surface area contributed by atoms with Gasteiger partial charge in [0.1, 0.15) is 0 Å². The van der Waals surface area contributed by atoms with Crippen molar-refractivity contribution in [3.05, 3.63) is 64.5 Å². The summed E-state index contributed by atoms with van der Waals surface area (Å²) in [6.07, 6.45) is 0.351. The van der Waals surface area contributed by atoms with Crippen molar-refractivity contribution in [3.63, 3.8) is 0 Å². The number of rotatable bonds is 4. The number of benzene rings is 2. The predicted molar refractivity (Wildman–Crippen MR) is 82.1 cm³/mol. The normalized spacial score (nSPS) is 11.0. The molecule has 0 saturated heterocycles. The Labute approximate surface area is 139 Å². The Balaban J connectivity index is 2.22. The molecule has 0 aliphatic rings. The van der Waals surface area contributed by atoms with Gasteiger partial charge in [-0.3, -0.25) is 4.79 Å². The Morgan fingerprint density at radius 3 is 2.12 bits per heavy atom. The van der Waals surface area contributed by atoms with Crippen LogP contribution in [0.2, 0.25) is 0 Å². The molecular formula is C16H12F5N3O. The Morgan fingerprint density at radius 2 is 1.56 bits per heavy atom. The highest BCUT2D eigenvalue weighted by atomic mass is 19.2. The standard InChI is InChI=1S/C16H12F5N3O/c1-24(2)9-5-3-4-8(6-9)16(25)23-22-7-10-11(17)13(19)15(21)14(20)12(10)18/h3-7H,1-2H3,(H,23,25)/b22-7+. The van der Waals surface area contributed by atoms with E-state index < -0.39 is 40.6 Å². The molecule has 0 bridgehead atoms. The van der Waals surface area contributed by atoms with Crippen LogP contribution >= 0.6 is 0 Å². The first-order valence-electron chi connectivity index (χ1n) is 6.86. The quantitative estimate of drug-likeness (QED) is 0.300. The molecular weight excluding hydrogens is 345 g/mol. The molecule has 132 valence electrons. The van der Waals surface area contributed by atoms with Gasteiger partial charge in [-0.15, -0.1) is 0 Å². The second kappa shape index (κ2) is 7.29. The number of nitrogens with one attached hydrogen (secondary N) is 1. The summed E-state index contributed by atoms with van der Waals surface area (Å²) < 4.78 is 66.0. The Bertz CT molecular complexity index is 823. The largest absolute Gasteiger partial charge is 0.378 e. The molecule has 2 rings (SSSR count). The van der Waals surface area contributed by atoms with Crippen LogP contribution in [-0.4, -0.2) is 26.2 Å². The van der Waals surface area contributed by atoms with E-state index in [9.17, 15) is 26.7 Å². The van der Waals surface area contributed by atoms with E-state index in [1.165, 1.54) is 12.1 Å². The van der Waals surface area contributed by atoms with Gasteiger partial charge in [0, 0.05) is 25.3 Å². The fourth-order valence-electron chi connectivity index (χ4n) is 1.88. The molecule has 2 aromatic carbocycles. The molecule has 1 N–H and O–H groups in total. The number of carbonyl (C=O) groups excluding carboxylic acids is 1. The minimum absolute atomic E-state index is 0.195. The first-order chi connectivity index (χ1) is 11.7. The smallest absolute Gasteiger partial charge is 0.271 e. The first kappa shape index (κ1) is 18.4. The fourth-order valence-corrected chi connectivity index (χ4v) is 1.88. The Hall–Kier alpha value is -2.97. The number of nitrogens with zero attached hydrogens (tertiary/aromatic N) is 2. The van der Waals surface area contributed by atoms with Gasteiger partial charge in [0.2, 0.25) is 5.82 Å². The van der Waals surface area contributed by atoms with Gasteiger partial charge in [0.15, 0.2) is 23.3 Å². The lowest BCUT2D eigenvalue weighted by molar-refractivity contribution is 0.0955. The minimum atomic E-state index is -2.27. The van der Waals surface area contributed by atoms with E-state index >= 15 is 0 Å². The molecule has 0 unspecified atom stereocenters. The summed E-state index contributed by atoms with van der Waals surface area (Å²) in [5.41, 5.74) is 1.62. The lowest BCUT2D eigenvalue weighted by Crippen LogP contribution is -2.19. The number of hydrogen-bond donors (Lipinski definition) is 1. The second-order valence-electron chi connectivity index (χ2n) is 5.13. The van der Waals surface area contributed by atoms with Crippen LogP contribution in [0.25, 0.3) is 0 Å². The van der Waals surface area contributed by atoms with Gasteiger partial charge < -0.3 is 4.90 Å². The lowest BCUT2D eigenvalue weighted by Gasteiger charge is -2.12. The van der Waals surface area contributed by atoms with E-state index in [4.69, 9.17) is 0 Å². The zero-order valence-corrected chi connectivity index (χ0v) is 13.1. The van der Waals surface area contributed by atoms with E-state index in [0.29, 0.717) is 6.21 Å². The van der Waals surface area contributed by atoms with Crippen molar-refractivity contribution in [2.24, 2.45) is 5.10 Å². The average Bonchev–Trinajstić information content (AvgIpc) is 2.61. The molecule has 0 radical (unpaired) electrons. The summed E-state index contributed by atoms with van der Waals surface area (Å²) in [4.78, 5) is 13.7. The van der Waals surface area contributed by atoms with Crippen LogP contribution in [0.15, 0.2) is 29.4 Å². The van der Waals surface area contributed by atoms with Gasteiger partial charge in [-0.05, 0) is 18.2 Å². The van der Waals surface area contributed by atoms with E-state index in [1.54, 1.807) is 31.1 Å². The Morgan fingerprint density at radius 1 is 1.00 bits per heavy atom. The second-order valence-corrected chi connectivity index (χ2v) is 5.13. The minimum Gasteiger partial charge on any atom is -0.378 e. The van der Waals surface area contributed by atoms with Crippen LogP contribution < -0.4 is 10.3 Å². The highest BCUT2D eigenvalue weighted by Gasteiger charge is 2.24. The van der Waals surface area contributed by atoms with Gasteiger partial charge in [0.25, 0.3) is 5.91 Å². The van der Waals surface area contributed by atoms with Gasteiger partial charge in [-0.1, -0.05) is 6.07 Å². The predicted octanol–water partition coefficient (Wildman–Crippen LogP) is 3.21. The maximum atomic E-state index is 13.5. The van der Waals surface area contributed by atoms with Gasteiger partial charge in [0.05, 0.1) is 11.8 Å². The van der Waals surface area contributed by atoms with Crippen LogP contribution in [0.5, 0.6) is 0 Å². The van der Waals surface area contributed by atoms with Crippen LogP contribution in [0.3, 0.4) is 0 Å². The van der Waals surface area contributed by atoms with E-state index in [1.807, 2.05) is 5.43 Å². The number of halogens is 5. The summed E-state index contributed by atoms with van der Waals surface area (Å²) in [5, 5.41) is 3.25. The van der Waals surface area contributed by atoms with Gasteiger partial charge in [-0.25, -0.2) is 27.4 Å². The molecule has 0 fully saturated rings. The van der Waals surface area contributed by atoms with Crippen molar-refractivity contribution >= 4 is 17.8 Å². The van der Waals surface area contributed by atoms with Crippen LogP contribution in [0.1, 0.15) is 15.9 Å². The zero-order valence-electron chi connectivity index (χ0n) is 13.1. The van der Waals surface area contributed by atoms with Crippen molar-refractivity contribution in [3.8, 4) is 0 Å². The summed E-state index contributed by atoms with van der Waals surface area (Å²) in [6, 6.07) is 6.35. The summed E-state index contributed by atoms with van der Waals surface area (Å²) in [6.45, 7) is 0. The molecule has 0 atom stereocenters. The third-order valence-electron chi connectivity index (χ3n) is 3.23. The molecule has 1 amide bonds. The molecule has 0 aromatic heterocycles. The molecule has 2 aromatic rings. The first-order valence-corrected chi connectivity index (χ1v) is 6.86. The zero-order chi connectivity index (χ0) is 18.7. The maximum absolute atomic E-state index is 13.5. The van der Waals surface area contributed by atoms with Crippen molar-refractivity contribution < 1.29 is 26.7 Å². The molecule has 0 aliphatic carbocycles. The molecule has 0 saturated carbocycles. The van der Waals surface area contributed by atoms with Gasteiger partial charge >= 0.3 is 0 Å². The maximum Gasteiger partial charge on any atom is 0.271 e. The van der Waals surface area contributed by atoms with Crippen LogP contribution in [0, 0.1) is 29.1 Å². The van der Waals surface area contributed by atoms with Crippen molar-refractivity contribution in [1.29, 1.82) is 0 Å². The third-order valence-corrected chi connectivity index (χ3v) is 3.23. The van der Waals surface area contributed by atoms with E-state index in [-0.39, 0.29) is 5.56 Å². The van der Waals surface area contributed by atoms with Gasteiger partial charge in [-0.2, -0.15) is 5.10 Å². The van der Waals surface area contributed by atoms with E-state index in [2.05, 4.69) is 5.10 Å². The molecule has 0 heterocycles. The molecule has 0 aliphatic heterocycles. The number of amides is 1. The van der Waals surface area contributed by atoms with Crippen LogP contribution in [0.4, 0.5) is 27.6 Å². The number of hydrogen-bond acceptors (Lipinski definition) is 3. The monoisotopic (exact) mass is 357 g/mol. The topological polar surface area (TPSA) is 44.7 Å². The number of anilines is 1. The average molecular weight is 357 g/mol. The van der Waals surface area contributed by atoms with Crippen LogP contribution in [-0.2, 0) is 0 Å². The SMILES string of the molecule is CN(C)c1cccc(C(=O)N/N=C/c2c(F)c(F)c(F)c(F)c2F)c1. The fraction of sp³-hybridized carbons (Fsp3) is 0.125. The molecule has 0 spiro atoms. The molecule has 9 heteroatoms. The summed E-state index contributed by atoms with van der Waals surface area (Å²) in [5.74, 6) is -11.2. The third kappa shape index (κ3) is 3.76. The highest BCUT2D eigenvalue weighted by molar-refractivity contribution is 5.95. The van der Waals surface area contributed by atoms with Crippen molar-refractivity contribution in [2.45, 2.75) is 0 Å². The Kier molecular flexibility index (Phi) is 5.35. The number of carbonyl (C=O) groups is 1. The van der Waals surface area contributed by atoms with Crippen molar-refractivity contribution in [1.82, 2.24) is 5.43 Å².